The number of benzene rings is 1. The Morgan fingerprint density at radius 1 is 1.19 bits per heavy atom. The highest BCUT2D eigenvalue weighted by atomic mass is 35.5. The summed E-state index contributed by atoms with van der Waals surface area (Å²) in [6.45, 7) is 1.49. The molecule has 1 aromatic carbocycles. The van der Waals surface area contributed by atoms with Crippen molar-refractivity contribution >= 4 is 23.2 Å². The zero-order valence-electron chi connectivity index (χ0n) is 11.4. The molecule has 0 bridgehead atoms. The summed E-state index contributed by atoms with van der Waals surface area (Å²) in [5, 5.41) is 4.42. The van der Waals surface area contributed by atoms with Gasteiger partial charge in [0.25, 0.3) is 0 Å². The van der Waals surface area contributed by atoms with E-state index in [1.807, 2.05) is 12.1 Å². The number of nitrogens with zero attached hydrogens (tertiary/aromatic N) is 1. The molecule has 1 N–H and O–H groups in total. The minimum atomic E-state index is -4.11. The highest BCUT2D eigenvalue weighted by Gasteiger charge is 2.34. The molecule has 2 nitrogen and oxygen atoms in total. The Bertz CT molecular complexity index is 460. The van der Waals surface area contributed by atoms with Crippen LogP contribution in [-0.4, -0.2) is 37.3 Å². The molecule has 2 rings (SSSR count). The van der Waals surface area contributed by atoms with Crippen molar-refractivity contribution in [2.75, 3.05) is 26.2 Å². The Morgan fingerprint density at radius 2 is 1.86 bits per heavy atom. The van der Waals surface area contributed by atoms with E-state index in [2.05, 4.69) is 5.32 Å². The number of likely N-dealkylation sites (tertiary alicyclic amines) is 1. The summed E-state index contributed by atoms with van der Waals surface area (Å²) in [6.07, 6.45) is -3.32. The molecule has 118 valence electrons. The van der Waals surface area contributed by atoms with Gasteiger partial charge in [-0.2, -0.15) is 13.2 Å². The minimum absolute atomic E-state index is 0.252. The van der Waals surface area contributed by atoms with Crippen molar-refractivity contribution in [3.63, 3.8) is 0 Å². The molecule has 0 aromatic heterocycles. The summed E-state index contributed by atoms with van der Waals surface area (Å²) >= 11 is 11.8. The topological polar surface area (TPSA) is 15.3 Å². The Hall–Kier alpha value is -0.490. The second-order valence-electron chi connectivity index (χ2n) is 5.41. The van der Waals surface area contributed by atoms with Gasteiger partial charge in [0.15, 0.2) is 0 Å². The normalized spacial score (nSPS) is 20.1. The lowest BCUT2D eigenvalue weighted by Crippen LogP contribution is -2.33. The van der Waals surface area contributed by atoms with Crippen LogP contribution in [0.4, 0.5) is 13.2 Å². The van der Waals surface area contributed by atoms with Gasteiger partial charge in [0.2, 0.25) is 0 Å². The van der Waals surface area contributed by atoms with Crippen LogP contribution >= 0.6 is 23.2 Å². The van der Waals surface area contributed by atoms with E-state index in [4.69, 9.17) is 23.2 Å². The fourth-order valence-electron chi connectivity index (χ4n) is 2.61. The van der Waals surface area contributed by atoms with Gasteiger partial charge in [-0.25, -0.2) is 0 Å². The monoisotopic (exact) mass is 340 g/mol. The van der Waals surface area contributed by atoms with Gasteiger partial charge in [0, 0.05) is 23.1 Å². The van der Waals surface area contributed by atoms with Crippen LogP contribution in [0.15, 0.2) is 18.2 Å². The molecule has 1 aromatic rings. The molecule has 0 spiro atoms. The second kappa shape index (κ2) is 7.18. The predicted octanol–water partition coefficient (Wildman–Crippen LogP) is 3.97. The van der Waals surface area contributed by atoms with E-state index in [9.17, 15) is 13.2 Å². The van der Waals surface area contributed by atoms with Crippen LogP contribution in [-0.2, 0) is 6.54 Å². The van der Waals surface area contributed by atoms with E-state index < -0.39 is 12.7 Å². The van der Waals surface area contributed by atoms with Crippen LogP contribution in [0.1, 0.15) is 12.0 Å². The standard InChI is InChI=1S/C14H17Cl2F3N2/c15-12-3-11(4-13(16)5-12)7-20-6-10-1-2-21(8-10)9-14(17,18)19/h3-5,10,20H,1-2,6-9H2. The van der Waals surface area contributed by atoms with E-state index in [-0.39, 0.29) is 5.92 Å². The number of halogens is 5. The van der Waals surface area contributed by atoms with Gasteiger partial charge >= 0.3 is 6.18 Å². The van der Waals surface area contributed by atoms with Crippen LogP contribution in [0.5, 0.6) is 0 Å². The maximum absolute atomic E-state index is 12.3. The van der Waals surface area contributed by atoms with Crippen molar-refractivity contribution in [3.05, 3.63) is 33.8 Å². The molecular weight excluding hydrogens is 324 g/mol. The lowest BCUT2D eigenvalue weighted by atomic mass is 10.1. The quantitative estimate of drug-likeness (QED) is 0.872. The fourth-order valence-corrected chi connectivity index (χ4v) is 3.18. The van der Waals surface area contributed by atoms with Crippen molar-refractivity contribution in [3.8, 4) is 0 Å². The van der Waals surface area contributed by atoms with Crippen molar-refractivity contribution in [2.45, 2.75) is 19.1 Å². The van der Waals surface area contributed by atoms with Crippen molar-refractivity contribution in [1.82, 2.24) is 10.2 Å². The van der Waals surface area contributed by atoms with E-state index in [1.54, 1.807) is 6.07 Å². The first-order chi connectivity index (χ1) is 9.82. The summed E-state index contributed by atoms with van der Waals surface area (Å²) < 4.78 is 36.9. The number of nitrogens with one attached hydrogen (secondary N) is 1. The number of hydrogen-bond donors (Lipinski definition) is 1. The van der Waals surface area contributed by atoms with Gasteiger partial charge in [0.1, 0.15) is 0 Å². The van der Waals surface area contributed by atoms with Gasteiger partial charge < -0.3 is 5.32 Å². The Kier molecular flexibility index (Phi) is 5.77. The highest BCUT2D eigenvalue weighted by Crippen LogP contribution is 2.23. The third kappa shape index (κ3) is 6.02. The summed E-state index contributed by atoms with van der Waals surface area (Å²) in [6, 6.07) is 5.31. The van der Waals surface area contributed by atoms with E-state index in [0.717, 1.165) is 12.0 Å². The average molecular weight is 341 g/mol. The first-order valence-corrected chi connectivity index (χ1v) is 7.52. The number of hydrogen-bond acceptors (Lipinski definition) is 2. The molecular formula is C14H17Cl2F3N2. The van der Waals surface area contributed by atoms with Gasteiger partial charge in [0.05, 0.1) is 6.54 Å². The van der Waals surface area contributed by atoms with E-state index in [0.29, 0.717) is 36.2 Å². The second-order valence-corrected chi connectivity index (χ2v) is 6.29. The maximum Gasteiger partial charge on any atom is 0.401 e. The molecule has 0 saturated carbocycles. The molecule has 1 unspecified atom stereocenters. The first kappa shape index (κ1) is 16.9. The van der Waals surface area contributed by atoms with Gasteiger partial charge in [-0.1, -0.05) is 23.2 Å². The molecule has 21 heavy (non-hydrogen) atoms. The summed E-state index contributed by atoms with van der Waals surface area (Å²) in [5.74, 6) is 0.252. The van der Waals surface area contributed by atoms with Crippen molar-refractivity contribution in [2.24, 2.45) is 5.92 Å². The van der Waals surface area contributed by atoms with Crippen LogP contribution in [0, 0.1) is 5.92 Å². The summed E-state index contributed by atoms with van der Waals surface area (Å²) in [5.41, 5.74) is 0.970. The zero-order chi connectivity index (χ0) is 15.5. The molecule has 0 radical (unpaired) electrons. The summed E-state index contributed by atoms with van der Waals surface area (Å²) in [7, 11) is 0. The molecule has 7 heteroatoms. The van der Waals surface area contributed by atoms with Crippen LogP contribution in [0.2, 0.25) is 10.0 Å². The van der Waals surface area contributed by atoms with Crippen LogP contribution < -0.4 is 5.32 Å². The van der Waals surface area contributed by atoms with Gasteiger partial charge in [-0.3, -0.25) is 4.90 Å². The lowest BCUT2D eigenvalue weighted by Gasteiger charge is -2.18. The molecule has 1 saturated heterocycles. The lowest BCUT2D eigenvalue weighted by molar-refractivity contribution is -0.143. The highest BCUT2D eigenvalue weighted by molar-refractivity contribution is 6.34. The molecule has 0 aliphatic carbocycles. The molecule has 1 atom stereocenters. The van der Waals surface area contributed by atoms with Crippen LogP contribution in [0.25, 0.3) is 0 Å². The van der Waals surface area contributed by atoms with Crippen molar-refractivity contribution < 1.29 is 13.2 Å². The maximum atomic E-state index is 12.3. The van der Waals surface area contributed by atoms with Crippen molar-refractivity contribution in [1.29, 1.82) is 0 Å². The fraction of sp³-hybridized carbons (Fsp3) is 0.571. The molecule has 0 amide bonds. The van der Waals surface area contributed by atoms with Gasteiger partial charge in [-0.05, 0) is 49.2 Å². The average Bonchev–Trinajstić information content (AvgIpc) is 2.73. The Balaban J connectivity index is 1.72. The minimum Gasteiger partial charge on any atom is -0.312 e. The Morgan fingerprint density at radius 3 is 2.48 bits per heavy atom. The zero-order valence-corrected chi connectivity index (χ0v) is 12.9. The molecule has 1 aliphatic heterocycles. The smallest absolute Gasteiger partial charge is 0.312 e. The molecule has 1 heterocycles. The number of rotatable bonds is 5. The molecule has 1 aliphatic rings. The van der Waals surface area contributed by atoms with E-state index >= 15 is 0 Å². The van der Waals surface area contributed by atoms with E-state index in [1.165, 1.54) is 4.90 Å². The first-order valence-electron chi connectivity index (χ1n) is 6.76. The summed E-state index contributed by atoms with van der Waals surface area (Å²) in [4.78, 5) is 1.46. The third-order valence-electron chi connectivity index (χ3n) is 3.46. The SMILES string of the molecule is FC(F)(F)CN1CCC(CNCc2cc(Cl)cc(Cl)c2)C1. The number of alkyl halides is 3. The van der Waals surface area contributed by atoms with Gasteiger partial charge in [-0.15, -0.1) is 0 Å². The predicted molar refractivity (Wildman–Crippen MR) is 78.8 cm³/mol. The third-order valence-corrected chi connectivity index (χ3v) is 3.89. The Labute approximate surface area is 132 Å². The van der Waals surface area contributed by atoms with Crippen LogP contribution in [0.3, 0.4) is 0 Å². The largest absolute Gasteiger partial charge is 0.401 e. The molecule has 1 fully saturated rings.